The summed E-state index contributed by atoms with van der Waals surface area (Å²) in [4.78, 5) is 37.8. The summed E-state index contributed by atoms with van der Waals surface area (Å²) < 4.78 is 0. The molecule has 2 heterocycles. The normalized spacial score (nSPS) is 11.8. The molecule has 0 saturated heterocycles. The molecule has 0 aromatic carbocycles. The van der Waals surface area contributed by atoms with Crippen molar-refractivity contribution in [2.75, 3.05) is 11.9 Å². The number of rotatable bonds is 7. The van der Waals surface area contributed by atoms with Gasteiger partial charge in [-0.15, -0.1) is 0 Å². The van der Waals surface area contributed by atoms with Gasteiger partial charge in [-0.2, -0.15) is 0 Å². The Kier molecular flexibility index (Phi) is 6.39. The van der Waals surface area contributed by atoms with Gasteiger partial charge in [-0.05, 0) is 12.3 Å². The number of carboxylic acids is 1. The van der Waals surface area contributed by atoms with Gasteiger partial charge in [0.15, 0.2) is 11.5 Å². The van der Waals surface area contributed by atoms with Gasteiger partial charge in [0.2, 0.25) is 5.91 Å². The Balaban J connectivity index is 0.00000264. The van der Waals surface area contributed by atoms with Gasteiger partial charge in [-0.25, -0.2) is 19.7 Å². The highest BCUT2D eigenvalue weighted by Gasteiger charge is 2.21. The molecule has 0 aliphatic heterocycles. The predicted octanol–water partition coefficient (Wildman–Crippen LogP) is -0.444. The van der Waals surface area contributed by atoms with Gasteiger partial charge in [0, 0.05) is 0 Å². The number of nitrogens with zero attached hydrogens (tertiary/aromatic N) is 3. The molecule has 1 amide bonds. The highest BCUT2D eigenvalue weighted by Crippen LogP contribution is 2.13. The van der Waals surface area contributed by atoms with E-state index in [1.807, 2.05) is 13.8 Å². The average Bonchev–Trinajstić information content (AvgIpc) is 2.92. The van der Waals surface area contributed by atoms with Gasteiger partial charge in [-0.1, -0.05) is 13.8 Å². The SMILES string of the molecule is CC(C)C[C@H](NC(=O)CNc1ncnc2nc[nH]c12)C(=O)O.O. The molecule has 2 aromatic heterocycles. The third kappa shape index (κ3) is 4.88. The molecule has 23 heavy (non-hydrogen) atoms. The maximum Gasteiger partial charge on any atom is 0.326 e. The molecule has 1 atom stereocenters. The zero-order valence-electron chi connectivity index (χ0n) is 12.8. The first-order valence-electron chi connectivity index (χ1n) is 6.87. The van der Waals surface area contributed by atoms with E-state index >= 15 is 0 Å². The van der Waals surface area contributed by atoms with E-state index in [0.717, 1.165) is 0 Å². The van der Waals surface area contributed by atoms with Crippen LogP contribution in [0, 0.1) is 5.92 Å². The first-order valence-corrected chi connectivity index (χ1v) is 6.87. The third-order valence-corrected chi connectivity index (χ3v) is 2.98. The summed E-state index contributed by atoms with van der Waals surface area (Å²) in [6.07, 6.45) is 3.19. The summed E-state index contributed by atoms with van der Waals surface area (Å²) in [5.74, 6) is -0.853. The number of hydrogen-bond donors (Lipinski definition) is 4. The number of fused-ring (bicyclic) bond motifs is 1. The molecular weight excluding hydrogens is 304 g/mol. The van der Waals surface area contributed by atoms with Gasteiger partial charge < -0.3 is 26.2 Å². The molecule has 0 fully saturated rings. The van der Waals surface area contributed by atoms with Crippen molar-refractivity contribution in [3.8, 4) is 0 Å². The monoisotopic (exact) mass is 324 g/mol. The molecule has 10 heteroatoms. The van der Waals surface area contributed by atoms with Crippen molar-refractivity contribution in [2.45, 2.75) is 26.3 Å². The van der Waals surface area contributed by atoms with Crippen molar-refractivity contribution >= 4 is 28.9 Å². The second kappa shape index (κ2) is 8.03. The summed E-state index contributed by atoms with van der Waals surface area (Å²) in [6.45, 7) is 3.71. The number of aromatic amines is 1. The Labute approximate surface area is 132 Å². The predicted molar refractivity (Wildman–Crippen MR) is 82.8 cm³/mol. The molecule has 10 nitrogen and oxygen atoms in total. The number of H-pyrrole nitrogens is 1. The lowest BCUT2D eigenvalue weighted by molar-refractivity contribution is -0.142. The van der Waals surface area contributed by atoms with Crippen molar-refractivity contribution in [1.29, 1.82) is 0 Å². The van der Waals surface area contributed by atoms with Crippen LogP contribution in [0.1, 0.15) is 20.3 Å². The molecule has 0 unspecified atom stereocenters. The lowest BCUT2D eigenvalue weighted by Crippen LogP contribution is -2.44. The number of amides is 1. The molecular formula is C13H20N6O4. The highest BCUT2D eigenvalue weighted by atomic mass is 16.4. The Morgan fingerprint density at radius 2 is 2.04 bits per heavy atom. The summed E-state index contributed by atoms with van der Waals surface area (Å²) in [6, 6.07) is -0.896. The molecule has 0 radical (unpaired) electrons. The lowest BCUT2D eigenvalue weighted by Gasteiger charge is -2.16. The zero-order valence-corrected chi connectivity index (χ0v) is 12.8. The fourth-order valence-corrected chi connectivity index (χ4v) is 2.00. The molecule has 2 rings (SSSR count). The van der Waals surface area contributed by atoms with Crippen LogP contribution in [0.3, 0.4) is 0 Å². The zero-order chi connectivity index (χ0) is 16.1. The average molecular weight is 324 g/mol. The summed E-state index contributed by atoms with van der Waals surface area (Å²) in [7, 11) is 0. The van der Waals surface area contributed by atoms with E-state index < -0.39 is 17.9 Å². The molecule has 0 aliphatic rings. The molecule has 2 aromatic rings. The van der Waals surface area contributed by atoms with E-state index in [0.29, 0.717) is 23.4 Å². The van der Waals surface area contributed by atoms with Crippen molar-refractivity contribution in [3.63, 3.8) is 0 Å². The van der Waals surface area contributed by atoms with Crippen LogP contribution in [0.4, 0.5) is 5.82 Å². The summed E-state index contributed by atoms with van der Waals surface area (Å²) in [5.41, 5.74) is 1.08. The van der Waals surface area contributed by atoms with Crippen LogP contribution in [0.2, 0.25) is 0 Å². The number of imidazole rings is 1. The van der Waals surface area contributed by atoms with Gasteiger partial charge in [0.25, 0.3) is 0 Å². The fourth-order valence-electron chi connectivity index (χ4n) is 2.00. The Bertz CT molecular complexity index is 671. The molecule has 0 bridgehead atoms. The summed E-state index contributed by atoms with van der Waals surface area (Å²) >= 11 is 0. The van der Waals surface area contributed by atoms with Crippen LogP contribution in [0.5, 0.6) is 0 Å². The van der Waals surface area contributed by atoms with Crippen molar-refractivity contribution in [3.05, 3.63) is 12.7 Å². The van der Waals surface area contributed by atoms with E-state index in [4.69, 9.17) is 5.11 Å². The van der Waals surface area contributed by atoms with Gasteiger partial charge in [0.1, 0.15) is 17.9 Å². The molecule has 0 aliphatic carbocycles. The number of carbonyl (C=O) groups excluding carboxylic acids is 1. The first kappa shape index (κ1) is 18.3. The van der Waals surface area contributed by atoms with Gasteiger partial charge >= 0.3 is 5.97 Å². The van der Waals surface area contributed by atoms with Crippen molar-refractivity contribution in [1.82, 2.24) is 25.3 Å². The lowest BCUT2D eigenvalue weighted by atomic mass is 10.0. The van der Waals surface area contributed by atoms with E-state index in [9.17, 15) is 9.59 Å². The number of carbonyl (C=O) groups is 2. The highest BCUT2D eigenvalue weighted by molar-refractivity contribution is 5.88. The molecule has 0 spiro atoms. The van der Waals surface area contributed by atoms with Crippen molar-refractivity contribution < 1.29 is 20.2 Å². The Morgan fingerprint density at radius 1 is 1.30 bits per heavy atom. The van der Waals surface area contributed by atoms with Crippen LogP contribution in [-0.2, 0) is 9.59 Å². The minimum atomic E-state index is -1.04. The Morgan fingerprint density at radius 3 is 2.70 bits per heavy atom. The van der Waals surface area contributed by atoms with E-state index in [-0.39, 0.29) is 17.9 Å². The van der Waals surface area contributed by atoms with E-state index in [1.165, 1.54) is 12.7 Å². The number of anilines is 1. The van der Waals surface area contributed by atoms with Crippen LogP contribution >= 0.6 is 0 Å². The largest absolute Gasteiger partial charge is 0.480 e. The smallest absolute Gasteiger partial charge is 0.326 e. The van der Waals surface area contributed by atoms with Gasteiger partial charge in [0.05, 0.1) is 12.9 Å². The van der Waals surface area contributed by atoms with E-state index in [1.54, 1.807) is 0 Å². The maximum atomic E-state index is 11.9. The minimum absolute atomic E-state index is 0. The molecule has 0 saturated carbocycles. The maximum absolute atomic E-state index is 11.9. The second-order valence-corrected chi connectivity index (χ2v) is 5.26. The fraction of sp³-hybridized carbons (Fsp3) is 0.462. The number of carboxylic acid groups (broad SMARTS) is 1. The van der Waals surface area contributed by atoms with Crippen molar-refractivity contribution in [2.24, 2.45) is 5.92 Å². The van der Waals surface area contributed by atoms with Crippen LogP contribution in [-0.4, -0.2) is 55.0 Å². The number of hydrogen-bond acceptors (Lipinski definition) is 6. The Hall–Kier alpha value is -2.75. The third-order valence-electron chi connectivity index (χ3n) is 2.98. The van der Waals surface area contributed by atoms with Crippen LogP contribution in [0.25, 0.3) is 11.2 Å². The molecule has 6 N–H and O–H groups in total. The minimum Gasteiger partial charge on any atom is -0.480 e. The summed E-state index contributed by atoms with van der Waals surface area (Å²) in [5, 5.41) is 14.4. The van der Waals surface area contributed by atoms with E-state index in [2.05, 4.69) is 30.6 Å². The topological polar surface area (TPSA) is 164 Å². The number of aliphatic carboxylic acids is 1. The quantitative estimate of drug-likeness (QED) is 0.535. The van der Waals surface area contributed by atoms with Gasteiger partial charge in [-0.3, -0.25) is 4.79 Å². The van der Waals surface area contributed by atoms with Crippen LogP contribution in [0.15, 0.2) is 12.7 Å². The standard InChI is InChI=1S/C13H18N6O3.H2O/c1-7(2)3-8(13(21)22)19-9(20)4-14-11-10-12(16-5-15-10)18-6-17-11;/h5-8H,3-4H2,1-2H3,(H,19,20)(H,21,22)(H2,14,15,16,17,18);1H2/t8-;/m0./s1. The van der Waals surface area contributed by atoms with Crippen LogP contribution < -0.4 is 10.6 Å². The number of aromatic nitrogens is 4. The number of nitrogens with one attached hydrogen (secondary N) is 3. The second-order valence-electron chi connectivity index (χ2n) is 5.26. The molecule has 126 valence electrons. The first-order chi connectivity index (χ1) is 10.5.